The summed E-state index contributed by atoms with van der Waals surface area (Å²) in [4.78, 5) is 8.04. The largest absolute Gasteiger partial charge is 0.487 e. The molecule has 0 radical (unpaired) electrons. The summed E-state index contributed by atoms with van der Waals surface area (Å²) >= 11 is 6.24. The molecule has 0 fully saturated rings. The van der Waals surface area contributed by atoms with Crippen LogP contribution >= 0.6 is 11.6 Å². The SMILES string of the molecule is C=Cc1c(N)ncnc1Nc1ccc(OCc2cc(F)cc(F)c2)c(Cl)c1. The van der Waals surface area contributed by atoms with Crippen LogP contribution in [0.2, 0.25) is 5.02 Å². The van der Waals surface area contributed by atoms with Crippen LogP contribution < -0.4 is 15.8 Å². The van der Waals surface area contributed by atoms with Gasteiger partial charge in [-0.3, -0.25) is 0 Å². The second-order valence-corrected chi connectivity index (χ2v) is 5.97. The summed E-state index contributed by atoms with van der Waals surface area (Å²) < 4.78 is 32.0. The number of rotatable bonds is 6. The third-order valence-electron chi connectivity index (χ3n) is 3.63. The van der Waals surface area contributed by atoms with Crippen molar-refractivity contribution in [3.8, 4) is 5.75 Å². The van der Waals surface area contributed by atoms with Gasteiger partial charge in [0.25, 0.3) is 0 Å². The van der Waals surface area contributed by atoms with Gasteiger partial charge in [0.1, 0.15) is 42.0 Å². The van der Waals surface area contributed by atoms with Crippen LogP contribution in [0.5, 0.6) is 5.75 Å². The summed E-state index contributed by atoms with van der Waals surface area (Å²) in [6.07, 6.45) is 2.89. The summed E-state index contributed by atoms with van der Waals surface area (Å²) in [5.74, 6) is -0.172. The molecule has 3 aromatic rings. The average molecular weight is 389 g/mol. The third-order valence-corrected chi connectivity index (χ3v) is 3.93. The maximum absolute atomic E-state index is 13.2. The molecule has 0 saturated heterocycles. The molecule has 3 rings (SSSR count). The zero-order valence-corrected chi connectivity index (χ0v) is 14.8. The molecule has 0 amide bonds. The minimum atomic E-state index is -0.665. The van der Waals surface area contributed by atoms with Crippen LogP contribution in [-0.2, 0) is 6.61 Å². The van der Waals surface area contributed by atoms with E-state index >= 15 is 0 Å². The highest BCUT2D eigenvalue weighted by Gasteiger charge is 2.09. The number of nitrogens with two attached hydrogens (primary N) is 1. The van der Waals surface area contributed by atoms with Gasteiger partial charge < -0.3 is 15.8 Å². The lowest BCUT2D eigenvalue weighted by molar-refractivity contribution is 0.305. The van der Waals surface area contributed by atoms with Gasteiger partial charge in [-0.1, -0.05) is 24.3 Å². The smallest absolute Gasteiger partial charge is 0.143 e. The number of hydrogen-bond donors (Lipinski definition) is 2. The summed E-state index contributed by atoms with van der Waals surface area (Å²) in [6, 6.07) is 8.19. The Morgan fingerprint density at radius 2 is 1.89 bits per heavy atom. The van der Waals surface area contributed by atoms with Crippen LogP contribution in [0.25, 0.3) is 6.08 Å². The van der Waals surface area contributed by atoms with E-state index < -0.39 is 11.6 Å². The first kappa shape index (κ1) is 18.6. The summed E-state index contributed by atoms with van der Waals surface area (Å²) in [7, 11) is 0. The molecule has 2 aromatic carbocycles. The van der Waals surface area contributed by atoms with Crippen LogP contribution in [0.4, 0.5) is 26.1 Å². The van der Waals surface area contributed by atoms with E-state index in [1.807, 2.05) is 0 Å². The van der Waals surface area contributed by atoms with Gasteiger partial charge in [0.2, 0.25) is 0 Å². The van der Waals surface area contributed by atoms with Crippen LogP contribution in [0.1, 0.15) is 11.1 Å². The Bertz CT molecular complexity index is 977. The quantitative estimate of drug-likeness (QED) is 0.624. The Labute approximate surface area is 159 Å². The van der Waals surface area contributed by atoms with Crippen LogP contribution in [0.3, 0.4) is 0 Å². The van der Waals surface area contributed by atoms with Gasteiger partial charge in [0, 0.05) is 11.8 Å². The highest BCUT2D eigenvalue weighted by Crippen LogP contribution is 2.31. The number of nitrogen functional groups attached to an aromatic ring is 1. The molecule has 0 saturated carbocycles. The van der Waals surface area contributed by atoms with Crippen molar-refractivity contribution in [1.82, 2.24) is 9.97 Å². The van der Waals surface area contributed by atoms with E-state index in [9.17, 15) is 8.78 Å². The number of ether oxygens (including phenoxy) is 1. The van der Waals surface area contributed by atoms with Crippen molar-refractivity contribution in [2.75, 3.05) is 11.1 Å². The highest BCUT2D eigenvalue weighted by molar-refractivity contribution is 6.32. The van der Waals surface area contributed by atoms with Gasteiger partial charge in [-0.05, 0) is 35.9 Å². The number of nitrogens with one attached hydrogen (secondary N) is 1. The van der Waals surface area contributed by atoms with Gasteiger partial charge in [-0.25, -0.2) is 18.7 Å². The standard InChI is InChI=1S/C19H15ClF2N4O/c1-2-15-18(23)24-10-25-19(15)26-14-3-4-17(16(20)8-14)27-9-11-5-12(21)7-13(22)6-11/h2-8,10H,1,9H2,(H3,23,24,25,26). The first-order valence-corrected chi connectivity index (χ1v) is 8.21. The fraction of sp³-hybridized carbons (Fsp3) is 0.0526. The van der Waals surface area contributed by atoms with E-state index in [4.69, 9.17) is 22.1 Å². The lowest BCUT2D eigenvalue weighted by Crippen LogP contribution is -2.02. The average Bonchev–Trinajstić information content (AvgIpc) is 2.60. The number of hydrogen-bond acceptors (Lipinski definition) is 5. The predicted molar refractivity (Wildman–Crippen MR) is 102 cm³/mol. The minimum Gasteiger partial charge on any atom is -0.487 e. The monoisotopic (exact) mass is 388 g/mol. The number of anilines is 3. The minimum absolute atomic E-state index is 0.0236. The Kier molecular flexibility index (Phi) is 5.52. The van der Waals surface area contributed by atoms with Crippen molar-refractivity contribution in [2.45, 2.75) is 6.61 Å². The molecule has 5 nitrogen and oxygen atoms in total. The molecule has 0 aliphatic carbocycles. The summed E-state index contributed by atoms with van der Waals surface area (Å²) in [6.45, 7) is 3.67. The van der Waals surface area contributed by atoms with Crippen LogP contribution in [0.15, 0.2) is 49.3 Å². The van der Waals surface area contributed by atoms with Gasteiger partial charge in [-0.15, -0.1) is 0 Å². The normalized spacial score (nSPS) is 10.5. The molecule has 3 N–H and O–H groups in total. The number of aromatic nitrogens is 2. The molecule has 1 aromatic heterocycles. The third kappa shape index (κ3) is 4.51. The molecule has 1 heterocycles. The van der Waals surface area contributed by atoms with Crippen molar-refractivity contribution in [1.29, 1.82) is 0 Å². The zero-order chi connectivity index (χ0) is 19.4. The van der Waals surface area contributed by atoms with Gasteiger partial charge in [0.05, 0.1) is 10.6 Å². The van der Waals surface area contributed by atoms with Crippen molar-refractivity contribution >= 4 is 35.0 Å². The Morgan fingerprint density at radius 1 is 1.15 bits per heavy atom. The molecule has 0 unspecified atom stereocenters. The zero-order valence-electron chi connectivity index (χ0n) is 14.0. The van der Waals surface area contributed by atoms with E-state index in [1.54, 1.807) is 24.3 Å². The van der Waals surface area contributed by atoms with Crippen LogP contribution in [-0.4, -0.2) is 9.97 Å². The fourth-order valence-corrected chi connectivity index (χ4v) is 2.63. The van der Waals surface area contributed by atoms with Crippen molar-refractivity contribution in [2.24, 2.45) is 0 Å². The molecule has 0 atom stereocenters. The van der Waals surface area contributed by atoms with Crippen molar-refractivity contribution in [3.05, 3.63) is 77.1 Å². The number of nitrogens with zero attached hydrogens (tertiary/aromatic N) is 2. The molecule has 0 aliphatic rings. The molecule has 27 heavy (non-hydrogen) atoms. The Balaban J connectivity index is 1.74. The maximum atomic E-state index is 13.2. The lowest BCUT2D eigenvalue weighted by atomic mass is 10.2. The van der Waals surface area contributed by atoms with E-state index in [2.05, 4.69) is 21.9 Å². The summed E-state index contributed by atoms with van der Waals surface area (Å²) in [5.41, 5.74) is 7.37. The molecule has 0 aliphatic heterocycles. The molecule has 0 bridgehead atoms. The lowest BCUT2D eigenvalue weighted by Gasteiger charge is -2.12. The molecule has 138 valence electrons. The van der Waals surface area contributed by atoms with E-state index in [-0.39, 0.29) is 6.61 Å². The molecule has 8 heteroatoms. The summed E-state index contributed by atoms with van der Waals surface area (Å²) in [5, 5.41) is 3.40. The van der Waals surface area contributed by atoms with Gasteiger partial charge >= 0.3 is 0 Å². The second-order valence-electron chi connectivity index (χ2n) is 5.56. The number of halogens is 3. The predicted octanol–water partition coefficient (Wildman–Crippen LogP) is 4.96. The van der Waals surface area contributed by atoms with Crippen LogP contribution in [0, 0.1) is 11.6 Å². The molecule has 0 spiro atoms. The van der Waals surface area contributed by atoms with E-state index in [0.29, 0.717) is 39.2 Å². The number of benzene rings is 2. The molecular formula is C19H15ClF2N4O. The van der Waals surface area contributed by atoms with Crippen molar-refractivity contribution in [3.63, 3.8) is 0 Å². The second kappa shape index (κ2) is 8.01. The molecular weight excluding hydrogens is 374 g/mol. The Hall–Kier alpha value is -3.19. The van der Waals surface area contributed by atoms with E-state index in [0.717, 1.165) is 6.07 Å². The first-order valence-electron chi connectivity index (χ1n) is 7.83. The van der Waals surface area contributed by atoms with Gasteiger partial charge in [-0.2, -0.15) is 0 Å². The highest BCUT2D eigenvalue weighted by atomic mass is 35.5. The first-order chi connectivity index (χ1) is 13.0. The Morgan fingerprint density at radius 3 is 2.56 bits per heavy atom. The van der Waals surface area contributed by atoms with E-state index in [1.165, 1.54) is 18.5 Å². The fourth-order valence-electron chi connectivity index (χ4n) is 2.40. The topological polar surface area (TPSA) is 73.1 Å². The van der Waals surface area contributed by atoms with Gasteiger partial charge in [0.15, 0.2) is 0 Å². The van der Waals surface area contributed by atoms with Crippen molar-refractivity contribution < 1.29 is 13.5 Å². The maximum Gasteiger partial charge on any atom is 0.143 e.